The maximum Gasteiger partial charge on any atom is 0.416 e. The van der Waals surface area contributed by atoms with Crippen molar-refractivity contribution in [1.29, 1.82) is 0 Å². The number of alkyl halides is 3. The molecular weight excluding hydrogens is 255 g/mol. The first-order valence-electron chi connectivity index (χ1n) is 6.53. The van der Waals surface area contributed by atoms with Crippen LogP contribution in [-0.2, 0) is 23.9 Å². The number of hydrogen-bond donors (Lipinski definition) is 0. The molecule has 0 atom stereocenters. The van der Waals surface area contributed by atoms with E-state index < -0.39 is 11.7 Å². The van der Waals surface area contributed by atoms with Crippen molar-refractivity contribution in [1.82, 2.24) is 4.98 Å². The lowest BCUT2D eigenvalue weighted by atomic mass is 10.1. The number of halogens is 3. The van der Waals surface area contributed by atoms with Gasteiger partial charge >= 0.3 is 6.18 Å². The summed E-state index contributed by atoms with van der Waals surface area (Å²) in [6.45, 7) is 8.08. The monoisotopic (exact) mass is 277 g/mol. The molecule has 0 aromatic carbocycles. The number of aryl methyl sites for hydroxylation is 1. The zero-order valence-corrected chi connectivity index (χ0v) is 12.0. The van der Waals surface area contributed by atoms with E-state index in [0.29, 0.717) is 18.7 Å². The van der Waals surface area contributed by atoms with Gasteiger partial charge in [0.25, 0.3) is 0 Å². The van der Waals surface area contributed by atoms with Gasteiger partial charge in [0.2, 0.25) is 0 Å². The van der Waals surface area contributed by atoms with Gasteiger partial charge in [0.15, 0.2) is 0 Å². The summed E-state index contributed by atoms with van der Waals surface area (Å²) in [5.41, 5.74) is -0.119. The Morgan fingerprint density at radius 1 is 1.16 bits per heavy atom. The van der Waals surface area contributed by atoms with Gasteiger partial charge < -0.3 is 4.74 Å². The Hall–Kier alpha value is -1.10. The van der Waals surface area contributed by atoms with Crippen LogP contribution in [0, 0.1) is 0 Å². The second-order valence-electron chi connectivity index (χ2n) is 4.03. The Labute approximate surface area is 113 Å². The Morgan fingerprint density at radius 3 is 2.16 bits per heavy atom. The lowest BCUT2D eigenvalue weighted by Gasteiger charge is -2.13. The molecule has 1 heterocycles. The highest BCUT2D eigenvalue weighted by Crippen LogP contribution is 2.32. The van der Waals surface area contributed by atoms with Gasteiger partial charge in [-0.1, -0.05) is 27.2 Å². The van der Waals surface area contributed by atoms with Crippen LogP contribution in [0.1, 0.15) is 50.9 Å². The summed E-state index contributed by atoms with van der Waals surface area (Å²) in [6, 6.07) is 1.09. The molecule has 1 rings (SSSR count). The second kappa shape index (κ2) is 8.91. The van der Waals surface area contributed by atoms with Gasteiger partial charge in [0.1, 0.15) is 0 Å². The SMILES string of the molecule is CCC.CCOCc1cnc(CC)cc1C(F)(F)F. The smallest absolute Gasteiger partial charge is 0.377 e. The molecule has 0 aliphatic carbocycles. The largest absolute Gasteiger partial charge is 0.416 e. The van der Waals surface area contributed by atoms with Crippen LogP contribution in [0.4, 0.5) is 13.2 Å². The predicted molar refractivity (Wildman–Crippen MR) is 69.9 cm³/mol. The molecule has 0 spiro atoms. The summed E-state index contributed by atoms with van der Waals surface area (Å²) >= 11 is 0. The first kappa shape index (κ1) is 17.9. The maximum absolute atomic E-state index is 12.7. The molecule has 0 unspecified atom stereocenters. The van der Waals surface area contributed by atoms with Crippen molar-refractivity contribution in [3.8, 4) is 0 Å². The van der Waals surface area contributed by atoms with Crippen LogP contribution in [0.5, 0.6) is 0 Å². The third-order valence-corrected chi connectivity index (χ3v) is 2.17. The van der Waals surface area contributed by atoms with Gasteiger partial charge in [-0.05, 0) is 19.4 Å². The molecule has 1 aromatic heterocycles. The van der Waals surface area contributed by atoms with Crippen molar-refractivity contribution < 1.29 is 17.9 Å². The minimum atomic E-state index is -4.35. The molecule has 110 valence electrons. The third kappa shape index (κ3) is 6.57. The van der Waals surface area contributed by atoms with Crippen LogP contribution in [0.15, 0.2) is 12.3 Å². The highest BCUT2D eigenvalue weighted by molar-refractivity contribution is 5.29. The zero-order valence-electron chi connectivity index (χ0n) is 12.0. The third-order valence-electron chi connectivity index (χ3n) is 2.17. The molecule has 0 aliphatic rings. The topological polar surface area (TPSA) is 22.1 Å². The van der Waals surface area contributed by atoms with E-state index >= 15 is 0 Å². The number of ether oxygens (including phenoxy) is 1. The molecular formula is C14H22F3NO. The molecule has 0 fully saturated rings. The lowest BCUT2D eigenvalue weighted by molar-refractivity contribution is -0.139. The summed E-state index contributed by atoms with van der Waals surface area (Å²) in [5.74, 6) is 0. The minimum absolute atomic E-state index is 0.0532. The van der Waals surface area contributed by atoms with E-state index in [-0.39, 0.29) is 12.2 Å². The van der Waals surface area contributed by atoms with Crippen LogP contribution >= 0.6 is 0 Å². The first-order valence-corrected chi connectivity index (χ1v) is 6.53. The van der Waals surface area contributed by atoms with Crippen molar-refractivity contribution in [3.63, 3.8) is 0 Å². The molecule has 0 amide bonds. The highest BCUT2D eigenvalue weighted by Gasteiger charge is 2.33. The molecule has 0 N–H and O–H groups in total. The lowest BCUT2D eigenvalue weighted by Crippen LogP contribution is -2.12. The van der Waals surface area contributed by atoms with E-state index in [1.54, 1.807) is 13.8 Å². The fourth-order valence-electron chi connectivity index (χ4n) is 1.31. The second-order valence-corrected chi connectivity index (χ2v) is 4.03. The number of pyridine rings is 1. The van der Waals surface area contributed by atoms with Crippen molar-refractivity contribution in [3.05, 3.63) is 29.1 Å². The van der Waals surface area contributed by atoms with Crippen LogP contribution in [0.25, 0.3) is 0 Å². The molecule has 0 saturated heterocycles. The molecule has 0 radical (unpaired) electrons. The molecule has 5 heteroatoms. The maximum atomic E-state index is 12.7. The molecule has 0 saturated carbocycles. The van der Waals surface area contributed by atoms with Gasteiger partial charge in [-0.3, -0.25) is 4.98 Å². The summed E-state index contributed by atoms with van der Waals surface area (Å²) in [6.07, 6.45) is -1.37. The van der Waals surface area contributed by atoms with Crippen LogP contribution in [0.2, 0.25) is 0 Å². The van der Waals surface area contributed by atoms with Crippen LogP contribution in [0.3, 0.4) is 0 Å². The van der Waals surface area contributed by atoms with Crippen LogP contribution < -0.4 is 0 Å². The fourth-order valence-corrected chi connectivity index (χ4v) is 1.31. The Bertz CT molecular complexity index is 364. The van der Waals surface area contributed by atoms with Crippen molar-refractivity contribution in [2.24, 2.45) is 0 Å². The van der Waals surface area contributed by atoms with Crippen molar-refractivity contribution >= 4 is 0 Å². The zero-order chi connectivity index (χ0) is 14.9. The standard InChI is InChI=1S/C11H14F3NO.C3H8/c1-3-9-5-10(11(12,13)14)8(6-15-9)7-16-4-2;1-3-2/h5-6H,3-4,7H2,1-2H3;3H2,1-2H3. The van der Waals surface area contributed by atoms with E-state index in [1.165, 1.54) is 12.6 Å². The van der Waals surface area contributed by atoms with Gasteiger partial charge in [0.05, 0.1) is 12.2 Å². The van der Waals surface area contributed by atoms with E-state index in [1.807, 2.05) is 0 Å². The fraction of sp³-hybridized carbons (Fsp3) is 0.643. The van der Waals surface area contributed by atoms with E-state index in [0.717, 1.165) is 6.07 Å². The van der Waals surface area contributed by atoms with E-state index in [4.69, 9.17) is 4.74 Å². The van der Waals surface area contributed by atoms with E-state index in [2.05, 4.69) is 18.8 Å². The predicted octanol–water partition coefficient (Wildman–Crippen LogP) is 4.62. The van der Waals surface area contributed by atoms with E-state index in [9.17, 15) is 13.2 Å². The molecule has 2 nitrogen and oxygen atoms in total. The average molecular weight is 277 g/mol. The molecule has 1 aromatic rings. The number of rotatable bonds is 4. The van der Waals surface area contributed by atoms with Crippen LogP contribution in [-0.4, -0.2) is 11.6 Å². The van der Waals surface area contributed by atoms with Gasteiger partial charge in [-0.2, -0.15) is 13.2 Å². The number of nitrogens with zero attached hydrogens (tertiary/aromatic N) is 1. The quantitative estimate of drug-likeness (QED) is 0.801. The Morgan fingerprint density at radius 2 is 1.74 bits per heavy atom. The summed E-state index contributed by atoms with van der Waals surface area (Å²) in [5, 5.41) is 0. The minimum Gasteiger partial charge on any atom is -0.377 e. The molecule has 19 heavy (non-hydrogen) atoms. The van der Waals surface area contributed by atoms with Gasteiger partial charge in [-0.15, -0.1) is 0 Å². The highest BCUT2D eigenvalue weighted by atomic mass is 19.4. The summed E-state index contributed by atoms with van der Waals surface area (Å²) < 4.78 is 43.1. The first-order chi connectivity index (χ1) is 8.90. The molecule has 0 bridgehead atoms. The normalized spacial score (nSPS) is 10.9. The van der Waals surface area contributed by atoms with Crippen molar-refractivity contribution in [2.75, 3.05) is 6.61 Å². The average Bonchev–Trinajstić information content (AvgIpc) is 2.36. The van der Waals surface area contributed by atoms with Crippen molar-refractivity contribution in [2.45, 2.75) is 53.3 Å². The van der Waals surface area contributed by atoms with Gasteiger partial charge in [-0.25, -0.2) is 0 Å². The molecule has 0 aliphatic heterocycles. The number of hydrogen-bond acceptors (Lipinski definition) is 2. The number of aromatic nitrogens is 1. The Kier molecular flexibility index (Phi) is 8.39. The van der Waals surface area contributed by atoms with Gasteiger partial charge in [0, 0.05) is 24.1 Å². The summed E-state index contributed by atoms with van der Waals surface area (Å²) in [4.78, 5) is 3.94. The Balaban J connectivity index is 0.000000982. The summed E-state index contributed by atoms with van der Waals surface area (Å²) in [7, 11) is 0.